The summed E-state index contributed by atoms with van der Waals surface area (Å²) in [5.74, 6) is 0. The molecule has 0 aliphatic heterocycles. The average molecular weight is 238 g/mol. The second-order valence-electron chi connectivity index (χ2n) is 4.78. The Morgan fingerprint density at radius 3 is 2.69 bits per heavy atom. The van der Waals surface area contributed by atoms with Gasteiger partial charge < -0.3 is 5.32 Å². The van der Waals surface area contributed by atoms with Gasteiger partial charge in [-0.3, -0.25) is 0 Å². The normalized spacial score (nSPS) is 19.2. The van der Waals surface area contributed by atoms with E-state index in [1.807, 2.05) is 11.3 Å². The first-order valence-corrected chi connectivity index (χ1v) is 7.24. The largest absolute Gasteiger partial charge is 0.307 e. The summed E-state index contributed by atoms with van der Waals surface area (Å²) in [5.41, 5.74) is 1.22. The molecule has 2 rings (SSSR count). The lowest BCUT2D eigenvalue weighted by molar-refractivity contribution is 0.464. The van der Waals surface area contributed by atoms with Crippen molar-refractivity contribution in [3.05, 3.63) is 15.6 Å². The molecule has 0 spiro atoms. The zero-order chi connectivity index (χ0) is 11.5. The van der Waals surface area contributed by atoms with Crippen molar-refractivity contribution in [3.63, 3.8) is 0 Å². The van der Waals surface area contributed by atoms with Gasteiger partial charge in [0, 0.05) is 17.0 Å². The van der Waals surface area contributed by atoms with Crippen molar-refractivity contribution in [3.8, 4) is 0 Å². The van der Waals surface area contributed by atoms with E-state index in [1.54, 1.807) is 0 Å². The van der Waals surface area contributed by atoms with Crippen LogP contribution in [0.15, 0.2) is 0 Å². The van der Waals surface area contributed by atoms with Gasteiger partial charge in [0.05, 0.1) is 10.7 Å². The fraction of sp³-hybridized carbons (Fsp3) is 0.769. The van der Waals surface area contributed by atoms with Crippen molar-refractivity contribution < 1.29 is 0 Å². The van der Waals surface area contributed by atoms with E-state index in [4.69, 9.17) is 0 Å². The molecular formula is C13H22N2S. The molecule has 0 radical (unpaired) electrons. The lowest BCUT2D eigenvalue weighted by Gasteiger charge is -2.18. The van der Waals surface area contributed by atoms with Crippen LogP contribution in [0, 0.1) is 6.92 Å². The van der Waals surface area contributed by atoms with Crippen LogP contribution in [0.5, 0.6) is 0 Å². The number of hydrogen-bond acceptors (Lipinski definition) is 3. The number of nitrogens with one attached hydrogen (secondary N) is 1. The van der Waals surface area contributed by atoms with Crippen LogP contribution in [0.2, 0.25) is 0 Å². The number of hydrogen-bond donors (Lipinski definition) is 1. The van der Waals surface area contributed by atoms with Gasteiger partial charge >= 0.3 is 0 Å². The van der Waals surface area contributed by atoms with Gasteiger partial charge in [0.2, 0.25) is 0 Å². The van der Waals surface area contributed by atoms with Crippen LogP contribution in [-0.4, -0.2) is 11.0 Å². The zero-order valence-corrected chi connectivity index (χ0v) is 11.4. The highest BCUT2D eigenvalue weighted by molar-refractivity contribution is 7.11. The Balaban J connectivity index is 2.01. The highest BCUT2D eigenvalue weighted by Gasteiger charge is 2.20. The molecule has 0 bridgehead atoms. The van der Waals surface area contributed by atoms with Gasteiger partial charge in [0.15, 0.2) is 0 Å². The van der Waals surface area contributed by atoms with Crippen molar-refractivity contribution in [1.29, 1.82) is 0 Å². The summed E-state index contributed by atoms with van der Waals surface area (Å²) < 4.78 is 0. The highest BCUT2D eigenvalue weighted by Crippen LogP contribution is 2.28. The molecule has 1 fully saturated rings. The van der Waals surface area contributed by atoms with Crippen LogP contribution in [-0.2, 0) is 6.42 Å². The number of thiazole rings is 1. The Hall–Kier alpha value is -0.410. The number of aromatic nitrogens is 1. The third-order valence-electron chi connectivity index (χ3n) is 3.41. The molecule has 2 nitrogen and oxygen atoms in total. The number of rotatable bonds is 4. The van der Waals surface area contributed by atoms with E-state index in [1.165, 1.54) is 41.3 Å². The van der Waals surface area contributed by atoms with E-state index >= 15 is 0 Å². The molecule has 0 saturated heterocycles. The first-order valence-electron chi connectivity index (χ1n) is 6.43. The quantitative estimate of drug-likeness (QED) is 0.867. The second kappa shape index (κ2) is 5.28. The summed E-state index contributed by atoms with van der Waals surface area (Å²) >= 11 is 1.88. The van der Waals surface area contributed by atoms with Crippen LogP contribution in [0.4, 0.5) is 0 Å². The van der Waals surface area contributed by atoms with Crippen molar-refractivity contribution in [1.82, 2.24) is 10.3 Å². The van der Waals surface area contributed by atoms with Gasteiger partial charge in [-0.25, -0.2) is 4.98 Å². The van der Waals surface area contributed by atoms with E-state index in [9.17, 15) is 0 Å². The molecule has 3 heteroatoms. The summed E-state index contributed by atoms with van der Waals surface area (Å²) in [6, 6.07) is 1.21. The maximum atomic E-state index is 4.60. The van der Waals surface area contributed by atoms with Crippen molar-refractivity contribution in [2.45, 2.75) is 65.0 Å². The number of aryl methyl sites for hydroxylation is 2. The maximum Gasteiger partial charge on any atom is 0.0928 e. The molecule has 1 heterocycles. The molecule has 1 aromatic heterocycles. The molecule has 1 unspecified atom stereocenters. The minimum absolute atomic E-state index is 0.473. The van der Waals surface area contributed by atoms with Crippen molar-refractivity contribution in [2.24, 2.45) is 0 Å². The standard InChI is InChI=1S/C13H22N2S/c1-4-12-15-10(3)13(16-12)9(2)14-11-7-5-6-8-11/h9,11,14H,4-8H2,1-3H3. The monoisotopic (exact) mass is 238 g/mol. The molecule has 1 aliphatic carbocycles. The molecule has 1 atom stereocenters. The topological polar surface area (TPSA) is 24.9 Å². The van der Waals surface area contributed by atoms with Gasteiger partial charge in [-0.1, -0.05) is 19.8 Å². The molecule has 90 valence electrons. The van der Waals surface area contributed by atoms with Gasteiger partial charge in [0.1, 0.15) is 0 Å². The van der Waals surface area contributed by atoms with Gasteiger partial charge in [-0.05, 0) is 33.1 Å². The van der Waals surface area contributed by atoms with Crippen molar-refractivity contribution >= 4 is 11.3 Å². The molecule has 1 saturated carbocycles. The fourth-order valence-corrected chi connectivity index (χ4v) is 3.56. The fourth-order valence-electron chi connectivity index (χ4n) is 2.54. The third-order valence-corrected chi connectivity index (χ3v) is 4.90. The predicted octanol–water partition coefficient (Wildman–Crippen LogP) is 3.61. The number of nitrogens with zero attached hydrogens (tertiary/aromatic N) is 1. The summed E-state index contributed by atoms with van der Waals surface area (Å²) in [6.45, 7) is 6.59. The molecular weight excluding hydrogens is 216 g/mol. The van der Waals surface area contributed by atoms with Gasteiger partial charge in [-0.15, -0.1) is 11.3 Å². The van der Waals surface area contributed by atoms with E-state index < -0.39 is 0 Å². The lowest BCUT2D eigenvalue weighted by atomic mass is 10.2. The summed E-state index contributed by atoms with van der Waals surface area (Å²) in [4.78, 5) is 6.04. The Kier molecular flexibility index (Phi) is 3.98. The molecule has 1 aliphatic rings. The van der Waals surface area contributed by atoms with E-state index in [0.717, 1.165) is 12.5 Å². The van der Waals surface area contributed by atoms with Crippen LogP contribution >= 0.6 is 11.3 Å². The maximum absolute atomic E-state index is 4.60. The van der Waals surface area contributed by atoms with Crippen LogP contribution < -0.4 is 5.32 Å². The van der Waals surface area contributed by atoms with E-state index in [-0.39, 0.29) is 0 Å². The second-order valence-corrected chi connectivity index (χ2v) is 5.90. The molecule has 1 aromatic rings. The van der Waals surface area contributed by atoms with Gasteiger partial charge in [0.25, 0.3) is 0 Å². The minimum Gasteiger partial charge on any atom is -0.307 e. The Morgan fingerprint density at radius 1 is 1.44 bits per heavy atom. The molecule has 0 amide bonds. The SMILES string of the molecule is CCc1nc(C)c(C(C)NC2CCCC2)s1. The molecule has 1 N–H and O–H groups in total. The lowest BCUT2D eigenvalue weighted by Crippen LogP contribution is -2.28. The van der Waals surface area contributed by atoms with Crippen LogP contribution in [0.1, 0.15) is 61.2 Å². The average Bonchev–Trinajstić information content (AvgIpc) is 2.87. The third kappa shape index (κ3) is 2.64. The Labute approximate surface area is 102 Å². The van der Waals surface area contributed by atoms with E-state index in [0.29, 0.717) is 6.04 Å². The minimum atomic E-state index is 0.473. The van der Waals surface area contributed by atoms with Crippen LogP contribution in [0.3, 0.4) is 0 Å². The summed E-state index contributed by atoms with van der Waals surface area (Å²) in [7, 11) is 0. The summed E-state index contributed by atoms with van der Waals surface area (Å²) in [5, 5.41) is 5.01. The Bertz CT molecular complexity index is 340. The van der Waals surface area contributed by atoms with Gasteiger partial charge in [-0.2, -0.15) is 0 Å². The first kappa shape index (κ1) is 12.1. The predicted molar refractivity (Wildman–Crippen MR) is 70.0 cm³/mol. The first-order chi connectivity index (χ1) is 7.70. The highest BCUT2D eigenvalue weighted by atomic mass is 32.1. The smallest absolute Gasteiger partial charge is 0.0928 e. The summed E-state index contributed by atoms with van der Waals surface area (Å²) in [6.07, 6.45) is 6.55. The molecule has 16 heavy (non-hydrogen) atoms. The molecule has 0 aromatic carbocycles. The van der Waals surface area contributed by atoms with Crippen LogP contribution in [0.25, 0.3) is 0 Å². The zero-order valence-electron chi connectivity index (χ0n) is 10.5. The van der Waals surface area contributed by atoms with Crippen molar-refractivity contribution in [2.75, 3.05) is 0 Å². The van der Waals surface area contributed by atoms with E-state index in [2.05, 4.69) is 31.1 Å². The Morgan fingerprint density at radius 2 is 2.12 bits per heavy atom.